The first kappa shape index (κ1) is 19.4. The number of Topliss-reactive ketones (excluding diaryl/α,β-unsaturated/α-hetero) is 1. The van der Waals surface area contributed by atoms with E-state index in [4.69, 9.17) is 16.3 Å². The number of nitrogens with zero attached hydrogens (tertiary/aromatic N) is 1. The van der Waals surface area contributed by atoms with Gasteiger partial charge in [-0.3, -0.25) is 14.6 Å². The Hall–Kier alpha value is -3.38. The maximum absolute atomic E-state index is 12.5. The van der Waals surface area contributed by atoms with Gasteiger partial charge in [0.25, 0.3) is 5.91 Å². The fraction of sp³-hybridized carbons (Fsp3) is 0.0952. The summed E-state index contributed by atoms with van der Waals surface area (Å²) in [6.07, 6.45) is 3.09. The molecule has 0 spiro atoms. The summed E-state index contributed by atoms with van der Waals surface area (Å²) >= 11 is 6.13. The van der Waals surface area contributed by atoms with Crippen LogP contribution < -0.4 is 15.4 Å². The molecule has 1 aromatic heterocycles. The summed E-state index contributed by atoms with van der Waals surface area (Å²) in [6, 6.07) is 13.7. The summed E-state index contributed by atoms with van der Waals surface area (Å²) in [4.78, 5) is 27.9. The number of ether oxygens (including phenoxy) is 1. The molecule has 2 N–H and O–H groups in total. The van der Waals surface area contributed by atoms with E-state index in [1.165, 1.54) is 13.1 Å². The second kappa shape index (κ2) is 8.54. The van der Waals surface area contributed by atoms with Crippen LogP contribution in [0.1, 0.15) is 27.6 Å². The molecular weight excluding hydrogens is 378 g/mol. The van der Waals surface area contributed by atoms with E-state index in [1.807, 2.05) is 6.07 Å². The molecule has 6 nitrogen and oxygen atoms in total. The number of amides is 1. The Morgan fingerprint density at radius 3 is 2.29 bits per heavy atom. The number of carbonyl (C=O) groups is 2. The van der Waals surface area contributed by atoms with Gasteiger partial charge in [0.15, 0.2) is 5.78 Å². The van der Waals surface area contributed by atoms with Crippen LogP contribution in [0.15, 0.2) is 60.9 Å². The van der Waals surface area contributed by atoms with Crippen LogP contribution in [0.25, 0.3) is 0 Å². The van der Waals surface area contributed by atoms with Gasteiger partial charge in [-0.2, -0.15) is 0 Å². The van der Waals surface area contributed by atoms with E-state index < -0.39 is 0 Å². The average Bonchev–Trinajstić information content (AvgIpc) is 2.69. The molecule has 2 aromatic carbocycles. The Balaban J connectivity index is 1.72. The summed E-state index contributed by atoms with van der Waals surface area (Å²) in [6.45, 7) is 1.49. The Morgan fingerprint density at radius 2 is 1.64 bits per heavy atom. The zero-order chi connectivity index (χ0) is 20.1. The number of carbonyl (C=O) groups excluding carboxylic acids is 2. The van der Waals surface area contributed by atoms with Crippen LogP contribution in [0, 0.1) is 0 Å². The number of benzene rings is 2. The summed E-state index contributed by atoms with van der Waals surface area (Å²) in [5.74, 6) is 0.244. The number of hydrogen-bond acceptors (Lipinski definition) is 5. The molecule has 0 aliphatic carbocycles. The Morgan fingerprint density at radius 1 is 0.929 bits per heavy atom. The number of ketones is 1. The van der Waals surface area contributed by atoms with E-state index in [9.17, 15) is 9.59 Å². The van der Waals surface area contributed by atoms with E-state index in [-0.39, 0.29) is 11.7 Å². The molecule has 142 valence electrons. The van der Waals surface area contributed by atoms with Gasteiger partial charge in [0.2, 0.25) is 0 Å². The lowest BCUT2D eigenvalue weighted by Crippen LogP contribution is -2.12. The maximum atomic E-state index is 12.5. The number of nitrogens with one attached hydrogen (secondary N) is 2. The number of halogens is 1. The fourth-order valence-electron chi connectivity index (χ4n) is 2.53. The highest BCUT2D eigenvalue weighted by molar-refractivity contribution is 6.32. The summed E-state index contributed by atoms with van der Waals surface area (Å²) < 4.78 is 5.13. The maximum Gasteiger partial charge on any atom is 0.257 e. The van der Waals surface area contributed by atoms with Gasteiger partial charge in [-0.05, 0) is 55.5 Å². The minimum atomic E-state index is -0.306. The minimum Gasteiger partial charge on any atom is -0.495 e. The summed E-state index contributed by atoms with van der Waals surface area (Å²) in [5, 5.41) is 6.41. The molecule has 0 atom stereocenters. The first-order valence-corrected chi connectivity index (χ1v) is 8.82. The van der Waals surface area contributed by atoms with Crippen molar-refractivity contribution >= 4 is 40.4 Å². The van der Waals surface area contributed by atoms with Gasteiger partial charge in [-0.25, -0.2) is 0 Å². The zero-order valence-electron chi connectivity index (χ0n) is 15.3. The van der Waals surface area contributed by atoms with Crippen LogP contribution in [0.3, 0.4) is 0 Å². The molecular formula is C21H18ClN3O3. The third kappa shape index (κ3) is 4.66. The normalized spacial score (nSPS) is 10.2. The van der Waals surface area contributed by atoms with Crippen molar-refractivity contribution in [2.45, 2.75) is 6.92 Å². The third-order valence-electron chi connectivity index (χ3n) is 3.99. The van der Waals surface area contributed by atoms with Gasteiger partial charge in [0.05, 0.1) is 29.6 Å². The highest BCUT2D eigenvalue weighted by Crippen LogP contribution is 2.28. The SMILES string of the molecule is COc1ccc(Nc2cncc(C(=O)Nc3ccc(C(C)=O)cc3)c2)cc1Cl. The Bertz CT molecular complexity index is 1020. The van der Waals surface area contributed by atoms with Crippen LogP contribution in [-0.4, -0.2) is 23.8 Å². The average molecular weight is 396 g/mol. The fourth-order valence-corrected chi connectivity index (χ4v) is 2.79. The molecule has 7 heteroatoms. The standard InChI is InChI=1S/C21H18ClN3O3/c1-13(26)14-3-5-16(6-4-14)25-21(27)15-9-18(12-23-11-15)24-17-7-8-20(28-2)19(22)10-17/h3-12,24H,1-2H3,(H,25,27). The minimum absolute atomic E-state index is 0.0283. The van der Waals surface area contributed by atoms with Crippen LogP contribution in [0.5, 0.6) is 5.75 Å². The molecule has 0 saturated carbocycles. The first-order chi connectivity index (χ1) is 13.5. The number of hydrogen-bond donors (Lipinski definition) is 2. The van der Waals surface area contributed by atoms with Crippen molar-refractivity contribution in [1.29, 1.82) is 0 Å². The molecule has 0 aliphatic heterocycles. The zero-order valence-corrected chi connectivity index (χ0v) is 16.1. The van der Waals surface area contributed by atoms with Crippen molar-refractivity contribution in [3.05, 3.63) is 77.1 Å². The van der Waals surface area contributed by atoms with Crippen molar-refractivity contribution in [3.63, 3.8) is 0 Å². The topological polar surface area (TPSA) is 80.3 Å². The molecule has 3 aromatic rings. The molecule has 0 unspecified atom stereocenters. The number of anilines is 3. The van der Waals surface area contributed by atoms with E-state index in [2.05, 4.69) is 15.6 Å². The van der Waals surface area contributed by atoms with E-state index >= 15 is 0 Å². The third-order valence-corrected chi connectivity index (χ3v) is 4.29. The second-order valence-corrected chi connectivity index (χ2v) is 6.43. The van der Waals surface area contributed by atoms with Crippen molar-refractivity contribution in [3.8, 4) is 5.75 Å². The van der Waals surface area contributed by atoms with Crippen molar-refractivity contribution in [2.24, 2.45) is 0 Å². The largest absolute Gasteiger partial charge is 0.495 e. The highest BCUT2D eigenvalue weighted by atomic mass is 35.5. The van der Waals surface area contributed by atoms with Gasteiger partial charge in [-0.1, -0.05) is 11.6 Å². The number of pyridine rings is 1. The van der Waals surface area contributed by atoms with Gasteiger partial charge in [-0.15, -0.1) is 0 Å². The lowest BCUT2D eigenvalue weighted by atomic mass is 10.1. The van der Waals surface area contributed by atoms with E-state index in [1.54, 1.807) is 55.8 Å². The molecule has 1 heterocycles. The second-order valence-electron chi connectivity index (χ2n) is 6.02. The molecule has 0 radical (unpaired) electrons. The smallest absolute Gasteiger partial charge is 0.257 e. The predicted molar refractivity (Wildman–Crippen MR) is 110 cm³/mol. The number of methoxy groups -OCH3 is 1. The summed E-state index contributed by atoms with van der Waals surface area (Å²) in [5.41, 5.74) is 2.95. The number of aromatic nitrogens is 1. The molecule has 0 bridgehead atoms. The predicted octanol–water partition coefficient (Wildman–Crippen LogP) is 4.94. The lowest BCUT2D eigenvalue weighted by molar-refractivity contribution is 0.101. The highest BCUT2D eigenvalue weighted by Gasteiger charge is 2.09. The van der Waals surface area contributed by atoms with Gasteiger partial charge in [0.1, 0.15) is 5.75 Å². The summed E-state index contributed by atoms with van der Waals surface area (Å²) in [7, 11) is 1.55. The van der Waals surface area contributed by atoms with Gasteiger partial charge >= 0.3 is 0 Å². The van der Waals surface area contributed by atoms with Crippen molar-refractivity contribution in [1.82, 2.24) is 4.98 Å². The number of rotatable bonds is 6. The van der Waals surface area contributed by atoms with Gasteiger partial charge in [0, 0.05) is 23.1 Å². The van der Waals surface area contributed by atoms with Gasteiger partial charge < -0.3 is 15.4 Å². The Labute approximate surface area is 167 Å². The monoisotopic (exact) mass is 395 g/mol. The Kier molecular flexibility index (Phi) is 5.91. The lowest BCUT2D eigenvalue weighted by Gasteiger charge is -2.10. The molecule has 3 rings (SSSR count). The quantitative estimate of drug-likeness (QED) is 0.577. The van der Waals surface area contributed by atoms with Crippen LogP contribution in [-0.2, 0) is 0 Å². The van der Waals surface area contributed by atoms with Crippen LogP contribution in [0.4, 0.5) is 17.1 Å². The van der Waals surface area contributed by atoms with Crippen LogP contribution in [0.2, 0.25) is 5.02 Å². The van der Waals surface area contributed by atoms with Crippen molar-refractivity contribution in [2.75, 3.05) is 17.7 Å². The van der Waals surface area contributed by atoms with Crippen molar-refractivity contribution < 1.29 is 14.3 Å². The molecule has 0 aliphatic rings. The molecule has 0 saturated heterocycles. The van der Waals surface area contributed by atoms with Crippen LogP contribution >= 0.6 is 11.6 Å². The first-order valence-electron chi connectivity index (χ1n) is 8.44. The molecule has 0 fully saturated rings. The van der Waals surface area contributed by atoms with E-state index in [0.29, 0.717) is 33.3 Å². The van der Waals surface area contributed by atoms with E-state index in [0.717, 1.165) is 5.69 Å². The molecule has 1 amide bonds. The molecule has 28 heavy (non-hydrogen) atoms.